The quantitative estimate of drug-likeness (QED) is 0.578. The van der Waals surface area contributed by atoms with E-state index in [1.54, 1.807) is 10.6 Å². The van der Waals surface area contributed by atoms with Gasteiger partial charge in [-0.25, -0.2) is 9.89 Å². The molecular formula is C12H14BrN5OS. The predicted octanol–water partition coefficient (Wildman–Crippen LogP) is 2.35. The smallest absolute Gasteiger partial charge is 0.344 e. The fourth-order valence-electron chi connectivity index (χ4n) is 1.70. The van der Waals surface area contributed by atoms with Crippen molar-refractivity contribution in [2.24, 2.45) is 5.73 Å². The molecule has 0 saturated heterocycles. The number of aromatic nitrogens is 3. The summed E-state index contributed by atoms with van der Waals surface area (Å²) >= 11 is 4.76. The highest BCUT2D eigenvalue weighted by atomic mass is 79.9. The van der Waals surface area contributed by atoms with Crippen molar-refractivity contribution >= 4 is 33.5 Å². The topological polar surface area (TPSA) is 101 Å². The normalized spacial score (nSPS) is 11.0. The molecule has 20 heavy (non-hydrogen) atoms. The number of H-pyrrole nitrogens is 1. The zero-order chi connectivity index (χ0) is 14.9. The zero-order valence-electron chi connectivity index (χ0n) is 11.0. The number of aromatic amines is 1. The molecule has 0 fully saturated rings. The molecule has 6 nitrogen and oxygen atoms in total. The molecule has 8 heteroatoms. The monoisotopic (exact) mass is 355 g/mol. The van der Waals surface area contributed by atoms with E-state index in [0.717, 1.165) is 9.37 Å². The van der Waals surface area contributed by atoms with Crippen LogP contribution in [0, 0.1) is 5.41 Å². The zero-order valence-corrected chi connectivity index (χ0v) is 13.4. The minimum atomic E-state index is -0.220. The van der Waals surface area contributed by atoms with Gasteiger partial charge in [-0.3, -0.25) is 9.98 Å². The van der Waals surface area contributed by atoms with Gasteiger partial charge in [0.15, 0.2) is 5.16 Å². The van der Waals surface area contributed by atoms with Gasteiger partial charge in [0.25, 0.3) is 0 Å². The third-order valence-corrected chi connectivity index (χ3v) is 4.24. The van der Waals surface area contributed by atoms with E-state index in [0.29, 0.717) is 10.7 Å². The van der Waals surface area contributed by atoms with Gasteiger partial charge >= 0.3 is 5.69 Å². The van der Waals surface area contributed by atoms with E-state index < -0.39 is 0 Å². The van der Waals surface area contributed by atoms with Crippen molar-refractivity contribution in [2.45, 2.75) is 29.9 Å². The lowest BCUT2D eigenvalue weighted by molar-refractivity contribution is 0.534. The summed E-state index contributed by atoms with van der Waals surface area (Å²) in [6.45, 7) is 3.85. The average Bonchev–Trinajstić information content (AvgIpc) is 2.70. The minimum absolute atomic E-state index is 0.00674. The van der Waals surface area contributed by atoms with Crippen LogP contribution in [0.1, 0.15) is 25.5 Å². The van der Waals surface area contributed by atoms with Crippen molar-refractivity contribution in [3.63, 3.8) is 0 Å². The van der Waals surface area contributed by atoms with Gasteiger partial charge in [-0.1, -0.05) is 0 Å². The molecule has 106 valence electrons. The van der Waals surface area contributed by atoms with Crippen LogP contribution in [0.3, 0.4) is 0 Å². The van der Waals surface area contributed by atoms with Crippen molar-refractivity contribution in [3.05, 3.63) is 38.7 Å². The maximum atomic E-state index is 11.7. The van der Waals surface area contributed by atoms with Gasteiger partial charge in [0.2, 0.25) is 0 Å². The first-order chi connectivity index (χ1) is 9.40. The van der Waals surface area contributed by atoms with Crippen molar-refractivity contribution in [1.29, 1.82) is 5.41 Å². The number of benzene rings is 1. The number of nitrogens with one attached hydrogen (secondary N) is 2. The van der Waals surface area contributed by atoms with Crippen LogP contribution in [-0.2, 0) is 0 Å². The summed E-state index contributed by atoms with van der Waals surface area (Å²) in [4.78, 5) is 12.6. The molecule has 0 saturated carbocycles. The number of nitrogen functional groups attached to an aromatic ring is 1. The molecule has 0 unspecified atom stereocenters. The lowest BCUT2D eigenvalue weighted by atomic mass is 10.2. The minimum Gasteiger partial charge on any atom is -0.384 e. The maximum absolute atomic E-state index is 11.7. The number of rotatable bonds is 4. The highest BCUT2D eigenvalue weighted by Gasteiger charge is 2.13. The van der Waals surface area contributed by atoms with Crippen LogP contribution in [0.5, 0.6) is 0 Å². The highest BCUT2D eigenvalue weighted by molar-refractivity contribution is 9.10. The van der Waals surface area contributed by atoms with Crippen LogP contribution in [0.4, 0.5) is 0 Å². The first kappa shape index (κ1) is 14.9. The number of amidine groups is 1. The second-order valence-corrected chi connectivity index (χ2v) is 6.33. The van der Waals surface area contributed by atoms with Crippen LogP contribution in [0.15, 0.2) is 37.5 Å². The maximum Gasteiger partial charge on any atom is 0.344 e. The van der Waals surface area contributed by atoms with Gasteiger partial charge in [0, 0.05) is 21.0 Å². The fraction of sp³-hybridized carbons (Fsp3) is 0.250. The van der Waals surface area contributed by atoms with Crippen LogP contribution in [0.25, 0.3) is 0 Å². The van der Waals surface area contributed by atoms with Crippen molar-refractivity contribution in [1.82, 2.24) is 14.8 Å². The molecule has 1 aromatic carbocycles. The standard InChI is InChI=1S/C12H14BrN5OS/c1-6(2)18-11(19)16-17-12(18)20-7-3-4-8(10(14)15)9(13)5-7/h3-6H,1-2H3,(H3,14,15)(H,16,19). The second-order valence-electron chi connectivity index (χ2n) is 4.43. The van der Waals surface area contributed by atoms with Crippen molar-refractivity contribution < 1.29 is 0 Å². The van der Waals surface area contributed by atoms with Crippen LogP contribution >= 0.6 is 27.7 Å². The van der Waals surface area contributed by atoms with E-state index in [4.69, 9.17) is 11.1 Å². The van der Waals surface area contributed by atoms with Gasteiger partial charge in [0.05, 0.1) is 0 Å². The Morgan fingerprint density at radius 1 is 1.55 bits per heavy atom. The molecule has 0 amide bonds. The Kier molecular flexibility index (Phi) is 4.34. The summed E-state index contributed by atoms with van der Waals surface area (Å²) < 4.78 is 2.33. The molecule has 0 aliphatic carbocycles. The molecule has 0 spiro atoms. The number of halogens is 1. The van der Waals surface area contributed by atoms with Crippen LogP contribution < -0.4 is 11.4 Å². The number of hydrogen-bond donors (Lipinski definition) is 3. The molecule has 0 bridgehead atoms. The third-order valence-electron chi connectivity index (χ3n) is 2.63. The molecule has 0 radical (unpaired) electrons. The Labute approximate surface area is 128 Å². The molecule has 1 heterocycles. The first-order valence-electron chi connectivity index (χ1n) is 5.89. The number of nitrogens with zero attached hydrogens (tertiary/aromatic N) is 2. The summed E-state index contributed by atoms with van der Waals surface area (Å²) in [6.07, 6.45) is 0. The number of hydrogen-bond acceptors (Lipinski definition) is 4. The predicted molar refractivity (Wildman–Crippen MR) is 82.5 cm³/mol. The molecule has 0 atom stereocenters. The highest BCUT2D eigenvalue weighted by Crippen LogP contribution is 2.30. The van der Waals surface area contributed by atoms with E-state index in [2.05, 4.69) is 26.1 Å². The first-order valence-corrected chi connectivity index (χ1v) is 7.49. The lowest BCUT2D eigenvalue weighted by Crippen LogP contribution is -2.19. The second kappa shape index (κ2) is 5.84. The van der Waals surface area contributed by atoms with Crippen molar-refractivity contribution in [2.75, 3.05) is 0 Å². The van der Waals surface area contributed by atoms with Gasteiger partial charge in [-0.2, -0.15) is 0 Å². The van der Waals surface area contributed by atoms with E-state index in [-0.39, 0.29) is 17.6 Å². The summed E-state index contributed by atoms with van der Waals surface area (Å²) in [5, 5.41) is 14.5. The van der Waals surface area contributed by atoms with Gasteiger partial charge in [0.1, 0.15) is 5.84 Å². The fourth-order valence-corrected chi connectivity index (χ4v) is 3.45. The summed E-state index contributed by atoms with van der Waals surface area (Å²) in [5.74, 6) is 0.00674. The molecule has 2 aromatic rings. The third kappa shape index (κ3) is 2.96. The molecule has 1 aromatic heterocycles. The van der Waals surface area contributed by atoms with E-state index in [1.807, 2.05) is 26.0 Å². The molecule has 0 aliphatic heterocycles. The van der Waals surface area contributed by atoms with E-state index in [9.17, 15) is 4.79 Å². The van der Waals surface area contributed by atoms with Gasteiger partial charge < -0.3 is 5.73 Å². The molecule has 4 N–H and O–H groups in total. The largest absolute Gasteiger partial charge is 0.384 e. The summed E-state index contributed by atoms with van der Waals surface area (Å²) in [5.41, 5.74) is 5.88. The van der Waals surface area contributed by atoms with E-state index >= 15 is 0 Å². The number of nitrogens with two attached hydrogens (primary N) is 1. The SMILES string of the molecule is CC(C)n1c(Sc2ccc(C(=N)N)c(Br)c2)n[nH]c1=O. The summed E-state index contributed by atoms with van der Waals surface area (Å²) in [6, 6.07) is 5.49. The van der Waals surface area contributed by atoms with Crippen LogP contribution in [-0.4, -0.2) is 20.6 Å². The van der Waals surface area contributed by atoms with Gasteiger partial charge in [-0.15, -0.1) is 5.10 Å². The van der Waals surface area contributed by atoms with Crippen LogP contribution in [0.2, 0.25) is 0 Å². The Morgan fingerprint density at radius 2 is 2.25 bits per heavy atom. The molecule has 0 aliphatic rings. The Hall–Kier alpha value is -1.54. The lowest BCUT2D eigenvalue weighted by Gasteiger charge is -2.09. The molecular weight excluding hydrogens is 342 g/mol. The van der Waals surface area contributed by atoms with Gasteiger partial charge in [-0.05, 0) is 59.7 Å². The van der Waals surface area contributed by atoms with E-state index in [1.165, 1.54) is 11.8 Å². The Bertz CT molecular complexity index is 706. The summed E-state index contributed by atoms with van der Waals surface area (Å²) in [7, 11) is 0. The molecule has 2 rings (SSSR count). The van der Waals surface area contributed by atoms with Crippen molar-refractivity contribution in [3.8, 4) is 0 Å². The Morgan fingerprint density at radius 3 is 2.80 bits per heavy atom. The average molecular weight is 356 g/mol. The Balaban J connectivity index is 2.34.